The second-order valence-corrected chi connectivity index (χ2v) is 3.41. The Balaban J connectivity index is 3.07. The molecule has 0 amide bonds. The maximum Gasteiger partial charge on any atom is 0.137 e. The summed E-state index contributed by atoms with van der Waals surface area (Å²) in [6.07, 6.45) is -0.822. The summed E-state index contributed by atoms with van der Waals surface area (Å²) < 4.78 is 13.2. The van der Waals surface area contributed by atoms with Crippen LogP contribution in [-0.2, 0) is 0 Å². The van der Waals surface area contributed by atoms with Gasteiger partial charge in [0.1, 0.15) is 5.82 Å². The topological polar surface area (TPSA) is 20.2 Å². The number of benzene rings is 1. The normalized spacial score (nSPS) is 13.0. The maximum atomic E-state index is 12.9. The quantitative estimate of drug-likeness (QED) is 0.804. The van der Waals surface area contributed by atoms with Crippen molar-refractivity contribution in [3.8, 4) is 0 Å². The van der Waals surface area contributed by atoms with Crippen LogP contribution in [0.3, 0.4) is 0 Å². The highest BCUT2D eigenvalue weighted by molar-refractivity contribution is 9.10. The third-order valence-corrected chi connectivity index (χ3v) is 2.62. The number of rotatable bonds is 2. The lowest BCUT2D eigenvalue weighted by Gasteiger charge is -2.09. The first kappa shape index (κ1) is 9.96. The second-order valence-electron chi connectivity index (χ2n) is 2.31. The number of hydrogen-bond acceptors (Lipinski definition) is 1. The van der Waals surface area contributed by atoms with E-state index in [2.05, 4.69) is 15.9 Å². The molecule has 0 aromatic heterocycles. The molecular formula is C8H7BrClFO. The molecular weight excluding hydrogens is 246 g/mol. The van der Waals surface area contributed by atoms with Crippen LogP contribution in [0.5, 0.6) is 0 Å². The number of hydrogen-bond donors (Lipinski definition) is 1. The van der Waals surface area contributed by atoms with E-state index in [9.17, 15) is 9.50 Å². The summed E-state index contributed by atoms with van der Waals surface area (Å²) in [4.78, 5) is 0. The molecule has 1 aromatic rings. The minimum atomic E-state index is -0.822. The van der Waals surface area contributed by atoms with Crippen LogP contribution in [0.4, 0.5) is 4.39 Å². The third-order valence-electron chi connectivity index (χ3n) is 1.49. The molecule has 0 aliphatic rings. The van der Waals surface area contributed by atoms with E-state index in [1.807, 2.05) is 0 Å². The first-order valence-corrected chi connectivity index (χ1v) is 4.67. The largest absolute Gasteiger partial charge is 0.387 e. The fourth-order valence-electron chi connectivity index (χ4n) is 0.861. The van der Waals surface area contributed by atoms with E-state index in [1.165, 1.54) is 12.1 Å². The fourth-order valence-corrected chi connectivity index (χ4v) is 1.56. The van der Waals surface area contributed by atoms with Crippen LogP contribution in [0, 0.1) is 5.82 Å². The van der Waals surface area contributed by atoms with Crippen LogP contribution in [0.25, 0.3) is 0 Å². The van der Waals surface area contributed by atoms with Crippen molar-refractivity contribution in [1.82, 2.24) is 0 Å². The van der Waals surface area contributed by atoms with Crippen LogP contribution < -0.4 is 0 Å². The van der Waals surface area contributed by atoms with Gasteiger partial charge in [-0.3, -0.25) is 0 Å². The minimum absolute atomic E-state index is 0.0576. The van der Waals surface area contributed by atoms with Crippen molar-refractivity contribution >= 4 is 27.5 Å². The van der Waals surface area contributed by atoms with Gasteiger partial charge in [0.05, 0.1) is 16.5 Å². The van der Waals surface area contributed by atoms with Gasteiger partial charge in [0.25, 0.3) is 0 Å². The zero-order chi connectivity index (χ0) is 9.14. The van der Waals surface area contributed by atoms with Gasteiger partial charge in [-0.05, 0) is 27.6 Å². The molecule has 1 N–H and O–H groups in total. The highest BCUT2D eigenvalue weighted by Crippen LogP contribution is 2.26. The van der Waals surface area contributed by atoms with Crippen LogP contribution >= 0.6 is 27.5 Å². The predicted octanol–water partition coefficient (Wildman–Crippen LogP) is 2.86. The molecule has 66 valence electrons. The van der Waals surface area contributed by atoms with Gasteiger partial charge in [0, 0.05) is 0 Å². The van der Waals surface area contributed by atoms with E-state index in [-0.39, 0.29) is 10.4 Å². The first-order chi connectivity index (χ1) is 5.66. The summed E-state index contributed by atoms with van der Waals surface area (Å²) in [6.45, 7) is 0. The number of alkyl halides is 1. The lowest BCUT2D eigenvalue weighted by Crippen LogP contribution is -2.00. The van der Waals surface area contributed by atoms with Gasteiger partial charge in [-0.1, -0.05) is 12.1 Å². The summed E-state index contributed by atoms with van der Waals surface area (Å²) in [7, 11) is 0. The summed E-state index contributed by atoms with van der Waals surface area (Å²) >= 11 is 8.45. The first-order valence-electron chi connectivity index (χ1n) is 3.34. The molecule has 1 nitrogen and oxygen atoms in total. The molecule has 4 heteroatoms. The van der Waals surface area contributed by atoms with E-state index in [4.69, 9.17) is 11.6 Å². The summed E-state index contributed by atoms with van der Waals surface area (Å²) in [5.74, 6) is -0.334. The zero-order valence-corrected chi connectivity index (χ0v) is 8.44. The molecule has 1 atom stereocenters. The van der Waals surface area contributed by atoms with Crippen molar-refractivity contribution in [1.29, 1.82) is 0 Å². The zero-order valence-electron chi connectivity index (χ0n) is 6.10. The van der Waals surface area contributed by atoms with Gasteiger partial charge in [-0.25, -0.2) is 4.39 Å². The molecule has 0 fully saturated rings. The Labute approximate surface area is 83.3 Å². The van der Waals surface area contributed by atoms with Gasteiger partial charge in [0.15, 0.2) is 0 Å². The van der Waals surface area contributed by atoms with Crippen molar-refractivity contribution in [2.75, 3.05) is 5.88 Å². The van der Waals surface area contributed by atoms with E-state index >= 15 is 0 Å². The van der Waals surface area contributed by atoms with E-state index in [1.54, 1.807) is 6.07 Å². The summed E-state index contributed by atoms with van der Waals surface area (Å²) in [6, 6.07) is 4.47. The molecule has 0 bridgehead atoms. The average Bonchev–Trinajstić information content (AvgIpc) is 2.08. The minimum Gasteiger partial charge on any atom is -0.387 e. The van der Waals surface area contributed by atoms with Gasteiger partial charge in [-0.2, -0.15) is 0 Å². The molecule has 0 saturated carbocycles. The third kappa shape index (κ3) is 1.97. The molecule has 0 saturated heterocycles. The molecule has 1 rings (SSSR count). The Bertz CT molecular complexity index is 280. The van der Waals surface area contributed by atoms with E-state index in [0.29, 0.717) is 5.56 Å². The van der Waals surface area contributed by atoms with Crippen molar-refractivity contribution in [2.45, 2.75) is 6.10 Å². The molecule has 0 aliphatic carbocycles. The molecule has 12 heavy (non-hydrogen) atoms. The van der Waals surface area contributed by atoms with Gasteiger partial charge < -0.3 is 5.11 Å². The number of halogens is 3. The molecule has 0 spiro atoms. The maximum absolute atomic E-state index is 12.9. The molecule has 1 aromatic carbocycles. The lowest BCUT2D eigenvalue weighted by atomic mass is 10.1. The molecule has 0 aliphatic heterocycles. The molecule has 0 unspecified atom stereocenters. The van der Waals surface area contributed by atoms with Crippen molar-refractivity contribution in [3.05, 3.63) is 34.1 Å². The number of aliphatic hydroxyl groups excluding tert-OH is 1. The van der Waals surface area contributed by atoms with Gasteiger partial charge in [-0.15, -0.1) is 11.6 Å². The number of aliphatic hydroxyl groups is 1. The monoisotopic (exact) mass is 252 g/mol. The highest BCUT2D eigenvalue weighted by atomic mass is 79.9. The van der Waals surface area contributed by atoms with Crippen molar-refractivity contribution in [2.24, 2.45) is 0 Å². The Morgan fingerprint density at radius 3 is 2.83 bits per heavy atom. The Morgan fingerprint density at radius 2 is 2.25 bits per heavy atom. The second kappa shape index (κ2) is 4.21. The summed E-state index contributed by atoms with van der Waals surface area (Å²) in [5.41, 5.74) is 0.477. The van der Waals surface area contributed by atoms with Gasteiger partial charge in [0.2, 0.25) is 0 Å². The van der Waals surface area contributed by atoms with Crippen LogP contribution in [0.2, 0.25) is 0 Å². The fraction of sp³-hybridized carbons (Fsp3) is 0.250. The Kier molecular flexibility index (Phi) is 3.50. The Morgan fingerprint density at radius 1 is 1.58 bits per heavy atom. The molecule has 0 heterocycles. The molecule has 0 radical (unpaired) electrons. The smallest absolute Gasteiger partial charge is 0.137 e. The van der Waals surface area contributed by atoms with Crippen LogP contribution in [0.1, 0.15) is 11.7 Å². The van der Waals surface area contributed by atoms with E-state index < -0.39 is 11.9 Å². The highest BCUT2D eigenvalue weighted by Gasteiger charge is 2.12. The Hall–Kier alpha value is -0.120. The standard InChI is InChI=1S/C8H7BrClFO/c9-8-5(7(12)4-10)2-1-3-6(8)11/h1-3,7,12H,4H2/t7-/m1/s1. The van der Waals surface area contributed by atoms with Gasteiger partial charge >= 0.3 is 0 Å². The van der Waals surface area contributed by atoms with Crippen molar-refractivity contribution in [3.63, 3.8) is 0 Å². The predicted molar refractivity (Wildman–Crippen MR) is 49.8 cm³/mol. The van der Waals surface area contributed by atoms with Crippen LogP contribution in [-0.4, -0.2) is 11.0 Å². The summed E-state index contributed by atoms with van der Waals surface area (Å²) in [5, 5.41) is 9.31. The lowest BCUT2D eigenvalue weighted by molar-refractivity contribution is 0.201. The SMILES string of the molecule is O[C@H](CCl)c1cccc(F)c1Br. The van der Waals surface area contributed by atoms with Crippen molar-refractivity contribution < 1.29 is 9.50 Å². The average molecular weight is 253 g/mol. The van der Waals surface area contributed by atoms with Crippen LogP contribution in [0.15, 0.2) is 22.7 Å². The van der Waals surface area contributed by atoms with E-state index in [0.717, 1.165) is 0 Å².